The molecule has 0 radical (unpaired) electrons. The zero-order valence-corrected chi connectivity index (χ0v) is 17.8. The molecule has 0 fully saturated rings. The maximum absolute atomic E-state index is 12.5. The highest BCUT2D eigenvalue weighted by Crippen LogP contribution is 2.30. The zero-order valence-electron chi connectivity index (χ0n) is 17.8. The SMILES string of the molecule is O=C(COC(=O)[C@@H](O)[C@@H](O)C(=O)OCC(=O)c1ccc(C(F)(F)F)cc1)c1ccc(C(F)(F)F)cc1. The van der Waals surface area contributed by atoms with Gasteiger partial charge in [0.1, 0.15) is 0 Å². The summed E-state index contributed by atoms with van der Waals surface area (Å²) in [4.78, 5) is 47.4. The van der Waals surface area contributed by atoms with Gasteiger partial charge in [-0.1, -0.05) is 24.3 Å². The highest BCUT2D eigenvalue weighted by atomic mass is 19.4. The molecule has 8 nitrogen and oxygen atoms in total. The Morgan fingerprint density at radius 3 is 1.14 bits per heavy atom. The van der Waals surface area contributed by atoms with Crippen molar-refractivity contribution in [3.8, 4) is 0 Å². The van der Waals surface area contributed by atoms with Crippen molar-refractivity contribution in [3.63, 3.8) is 0 Å². The third-order valence-corrected chi connectivity index (χ3v) is 4.54. The summed E-state index contributed by atoms with van der Waals surface area (Å²) in [6, 6.07) is 5.80. The van der Waals surface area contributed by atoms with E-state index in [0.29, 0.717) is 24.3 Å². The molecular formula is C22H16F6O8. The van der Waals surface area contributed by atoms with Crippen LogP contribution in [0.4, 0.5) is 26.3 Å². The molecule has 2 N–H and O–H groups in total. The first-order valence-corrected chi connectivity index (χ1v) is 9.71. The van der Waals surface area contributed by atoms with Crippen LogP contribution in [0.25, 0.3) is 0 Å². The molecule has 0 bridgehead atoms. The Balaban J connectivity index is 1.85. The van der Waals surface area contributed by atoms with Crippen LogP contribution in [0.1, 0.15) is 31.8 Å². The first-order chi connectivity index (χ1) is 16.6. The minimum atomic E-state index is -4.63. The molecule has 0 aliphatic heterocycles. The molecule has 194 valence electrons. The summed E-state index contributed by atoms with van der Waals surface area (Å²) in [5.41, 5.74) is -2.56. The summed E-state index contributed by atoms with van der Waals surface area (Å²) < 4.78 is 84.1. The van der Waals surface area contributed by atoms with Gasteiger partial charge in [-0.25, -0.2) is 9.59 Å². The van der Waals surface area contributed by atoms with Gasteiger partial charge in [-0.3, -0.25) is 9.59 Å². The number of alkyl halides is 6. The summed E-state index contributed by atoms with van der Waals surface area (Å²) in [6.45, 7) is -2.09. The molecule has 0 unspecified atom stereocenters. The van der Waals surface area contributed by atoms with Gasteiger partial charge in [0.05, 0.1) is 11.1 Å². The fourth-order valence-electron chi connectivity index (χ4n) is 2.56. The van der Waals surface area contributed by atoms with Gasteiger partial charge in [0.2, 0.25) is 0 Å². The predicted octanol–water partition coefficient (Wildman–Crippen LogP) is 2.60. The molecule has 0 aromatic heterocycles. The second-order valence-electron chi connectivity index (χ2n) is 7.10. The summed E-state index contributed by atoms with van der Waals surface area (Å²) in [6.07, 6.45) is -14.4. The molecule has 0 heterocycles. The van der Waals surface area contributed by atoms with Crippen LogP contribution in [-0.2, 0) is 31.4 Å². The van der Waals surface area contributed by atoms with Gasteiger partial charge in [0.25, 0.3) is 0 Å². The molecule has 0 spiro atoms. The molecule has 36 heavy (non-hydrogen) atoms. The summed E-state index contributed by atoms with van der Waals surface area (Å²) in [5.74, 6) is -5.23. The first kappa shape index (κ1) is 28.5. The fraction of sp³-hybridized carbons (Fsp3) is 0.273. The van der Waals surface area contributed by atoms with Gasteiger partial charge in [-0.05, 0) is 24.3 Å². The molecule has 0 saturated heterocycles. The monoisotopic (exact) mass is 522 g/mol. The minimum absolute atomic E-state index is 0.257. The zero-order chi connectivity index (χ0) is 27.3. The van der Waals surface area contributed by atoms with Crippen molar-refractivity contribution in [1.29, 1.82) is 0 Å². The third-order valence-electron chi connectivity index (χ3n) is 4.54. The maximum Gasteiger partial charge on any atom is 0.416 e. The van der Waals surface area contributed by atoms with Crippen molar-refractivity contribution in [3.05, 3.63) is 70.8 Å². The number of ether oxygens (including phenoxy) is 2. The largest absolute Gasteiger partial charge is 0.455 e. The van der Waals surface area contributed by atoms with E-state index in [1.165, 1.54) is 0 Å². The van der Waals surface area contributed by atoms with E-state index < -0.39 is 72.4 Å². The van der Waals surface area contributed by atoms with Crippen molar-refractivity contribution >= 4 is 23.5 Å². The fourth-order valence-corrected chi connectivity index (χ4v) is 2.56. The Labute approximate surface area is 198 Å². The number of ketones is 2. The molecule has 2 aromatic rings. The van der Waals surface area contributed by atoms with Crippen molar-refractivity contribution in [2.75, 3.05) is 13.2 Å². The predicted molar refractivity (Wildman–Crippen MR) is 105 cm³/mol. The quantitative estimate of drug-likeness (QED) is 0.292. The van der Waals surface area contributed by atoms with Gasteiger partial charge in [0.15, 0.2) is 37.0 Å². The minimum Gasteiger partial charge on any atom is -0.455 e. The van der Waals surface area contributed by atoms with E-state index in [4.69, 9.17) is 0 Å². The van der Waals surface area contributed by atoms with Crippen LogP contribution in [0, 0.1) is 0 Å². The lowest BCUT2D eigenvalue weighted by atomic mass is 10.1. The Hall–Kier alpha value is -3.78. The van der Waals surface area contributed by atoms with E-state index in [2.05, 4.69) is 9.47 Å². The van der Waals surface area contributed by atoms with Crippen molar-refractivity contribution in [2.24, 2.45) is 0 Å². The molecular weight excluding hydrogens is 506 g/mol. The molecule has 2 atom stereocenters. The number of aliphatic hydroxyl groups excluding tert-OH is 2. The Bertz CT molecular complexity index is 1020. The number of rotatable bonds is 9. The molecule has 0 aliphatic rings. The number of carbonyl (C=O) groups excluding carboxylic acids is 4. The maximum atomic E-state index is 12.5. The van der Waals surface area contributed by atoms with Crippen molar-refractivity contribution in [2.45, 2.75) is 24.6 Å². The summed E-state index contributed by atoms with van der Waals surface area (Å²) in [7, 11) is 0. The molecule has 0 aliphatic carbocycles. The average Bonchev–Trinajstić information content (AvgIpc) is 2.83. The van der Waals surface area contributed by atoms with Crippen LogP contribution < -0.4 is 0 Å². The molecule has 2 aromatic carbocycles. The smallest absolute Gasteiger partial charge is 0.416 e. The number of Topliss-reactive ketones (excluding diaryl/α,β-unsaturated/α-hetero) is 2. The summed E-state index contributed by atoms with van der Waals surface area (Å²) >= 11 is 0. The second-order valence-corrected chi connectivity index (χ2v) is 7.10. The molecule has 2 rings (SSSR count). The van der Waals surface area contributed by atoms with Gasteiger partial charge in [-0.15, -0.1) is 0 Å². The van der Waals surface area contributed by atoms with Crippen LogP contribution in [0.5, 0.6) is 0 Å². The van der Waals surface area contributed by atoms with E-state index in [9.17, 15) is 55.7 Å². The van der Waals surface area contributed by atoms with Gasteiger partial charge >= 0.3 is 24.3 Å². The van der Waals surface area contributed by atoms with E-state index in [-0.39, 0.29) is 11.1 Å². The van der Waals surface area contributed by atoms with Gasteiger partial charge < -0.3 is 19.7 Å². The first-order valence-electron chi connectivity index (χ1n) is 9.71. The van der Waals surface area contributed by atoms with Crippen molar-refractivity contribution < 1.29 is 65.2 Å². The molecule has 14 heteroatoms. The van der Waals surface area contributed by atoms with E-state index in [1.54, 1.807) is 0 Å². The number of carbonyl (C=O) groups is 4. The Kier molecular flexibility index (Phi) is 8.94. The molecule has 0 saturated carbocycles. The molecule has 0 amide bonds. The van der Waals surface area contributed by atoms with Crippen LogP contribution in [0.3, 0.4) is 0 Å². The number of halogens is 6. The van der Waals surface area contributed by atoms with E-state index in [1.807, 2.05) is 0 Å². The Morgan fingerprint density at radius 2 is 0.889 bits per heavy atom. The highest BCUT2D eigenvalue weighted by molar-refractivity contribution is 5.99. The number of aliphatic hydroxyl groups is 2. The number of hydrogen-bond acceptors (Lipinski definition) is 8. The lowest BCUT2D eigenvalue weighted by Gasteiger charge is -2.15. The number of benzene rings is 2. The number of hydrogen-bond donors (Lipinski definition) is 2. The standard InChI is InChI=1S/C22H16F6O8/c23-21(24,25)13-5-1-11(2-6-13)15(29)9-35-19(33)17(31)18(32)20(34)36-10-16(30)12-3-7-14(8-4-12)22(26,27)28/h1-8,17-18,31-32H,9-10H2/t17-,18+. The van der Waals surface area contributed by atoms with Crippen LogP contribution >= 0.6 is 0 Å². The lowest BCUT2D eigenvalue weighted by molar-refractivity contribution is -0.171. The normalized spacial score (nSPS) is 13.4. The second kappa shape index (κ2) is 11.3. The van der Waals surface area contributed by atoms with Crippen LogP contribution in [0.2, 0.25) is 0 Å². The van der Waals surface area contributed by atoms with Crippen molar-refractivity contribution in [1.82, 2.24) is 0 Å². The highest BCUT2D eigenvalue weighted by Gasteiger charge is 2.34. The Morgan fingerprint density at radius 1 is 0.611 bits per heavy atom. The van der Waals surface area contributed by atoms with E-state index >= 15 is 0 Å². The van der Waals surface area contributed by atoms with Gasteiger partial charge in [0, 0.05) is 11.1 Å². The van der Waals surface area contributed by atoms with E-state index in [0.717, 1.165) is 24.3 Å². The third kappa shape index (κ3) is 7.61. The van der Waals surface area contributed by atoms with Gasteiger partial charge in [-0.2, -0.15) is 26.3 Å². The summed E-state index contributed by atoms with van der Waals surface area (Å²) in [5, 5.41) is 19.4. The van der Waals surface area contributed by atoms with Crippen LogP contribution in [-0.4, -0.2) is 59.1 Å². The lowest BCUT2D eigenvalue weighted by Crippen LogP contribution is -2.42. The topological polar surface area (TPSA) is 127 Å². The average molecular weight is 522 g/mol. The number of esters is 2. The van der Waals surface area contributed by atoms with Crippen LogP contribution in [0.15, 0.2) is 48.5 Å².